The minimum atomic E-state index is -1.20. The minimum Gasteiger partial charge on any atom is -0.444 e. The molecule has 1 aliphatic rings. The number of rotatable bonds is 50. The first-order chi connectivity index (χ1) is 46.3. The van der Waals surface area contributed by atoms with E-state index in [1.165, 1.54) is 22.0 Å². The molecule has 0 fully saturated rings. The van der Waals surface area contributed by atoms with Crippen molar-refractivity contribution >= 4 is 47.4 Å². The number of nitrogens with one attached hydrogen (secondary N) is 3. The lowest BCUT2D eigenvalue weighted by Crippen LogP contribution is -2.57. The van der Waals surface area contributed by atoms with E-state index in [2.05, 4.69) is 16.0 Å². The lowest BCUT2D eigenvalue weighted by Gasteiger charge is -2.40. The number of imide groups is 1. The molecule has 0 saturated carbocycles. The molecule has 0 saturated heterocycles. The highest BCUT2D eigenvalue weighted by Gasteiger charge is 2.40. The first kappa shape index (κ1) is 82.1. The number of aliphatic hydroxyl groups excluding tert-OH is 1. The van der Waals surface area contributed by atoms with Crippen LogP contribution in [0.5, 0.6) is 0 Å². The Morgan fingerprint density at radius 1 is 0.649 bits per heavy atom. The Hall–Kier alpha value is -7.35. The molecule has 3 atom stereocenters. The van der Waals surface area contributed by atoms with E-state index in [0.717, 1.165) is 28.7 Å². The number of ether oxygens (including phenoxy) is 9. The van der Waals surface area contributed by atoms with Crippen LogP contribution in [0.25, 0.3) is 11.3 Å². The molecule has 8 amide bonds. The average molecular weight is 1370 g/mol. The predicted octanol–water partition coefficient (Wildman–Crippen LogP) is 4.65. The molecular weight excluding hydrogens is 1270 g/mol. The monoisotopic (exact) mass is 1370 g/mol. The molecule has 29 heteroatoms. The van der Waals surface area contributed by atoms with E-state index in [4.69, 9.17) is 53.3 Å². The van der Waals surface area contributed by atoms with Crippen molar-refractivity contribution in [2.24, 2.45) is 17.1 Å². The Labute approximate surface area is 568 Å². The van der Waals surface area contributed by atoms with E-state index in [1.54, 1.807) is 45.4 Å². The molecule has 1 aromatic heterocycles. The van der Waals surface area contributed by atoms with Crippen molar-refractivity contribution in [2.75, 3.05) is 145 Å². The quantitative estimate of drug-likeness (QED) is 0.0379. The first-order valence-corrected chi connectivity index (χ1v) is 33.1. The SMILES string of the molecule is CC(C)[C@H](NC(=O)CCOCCOCCOCCOCCOCCOCCOCCOCCNC(=O)CCN1C(=O)C=CC1=O)C(=O)N(CCCN(C(=O)CO)[C@@H](c1nc(-c2cc(F)ccc2F)cn1Cc1ccccc1)C(C)(C)C)[C@@H](CCCCNC(=O)OC(C)(C)C)C(N)=O. The summed E-state index contributed by atoms with van der Waals surface area (Å²) in [4.78, 5) is 112. The van der Waals surface area contributed by atoms with Gasteiger partial charge in [0.2, 0.25) is 29.5 Å². The van der Waals surface area contributed by atoms with Crippen molar-refractivity contribution in [1.29, 1.82) is 0 Å². The van der Waals surface area contributed by atoms with Crippen molar-refractivity contribution in [3.05, 3.63) is 89.9 Å². The van der Waals surface area contributed by atoms with Gasteiger partial charge in [-0.1, -0.05) is 65.0 Å². The van der Waals surface area contributed by atoms with Crippen molar-refractivity contribution in [2.45, 2.75) is 124 Å². The maximum absolute atomic E-state index is 15.4. The number of alkyl carbamates (subject to hydrolysis) is 1. The smallest absolute Gasteiger partial charge is 0.407 e. The summed E-state index contributed by atoms with van der Waals surface area (Å²) in [5, 5.41) is 18.7. The molecule has 0 unspecified atom stereocenters. The molecule has 4 rings (SSSR count). The number of nitrogens with two attached hydrogens (primary N) is 1. The van der Waals surface area contributed by atoms with Crippen LogP contribution >= 0.6 is 0 Å². The van der Waals surface area contributed by atoms with Gasteiger partial charge in [0, 0.05) is 76.0 Å². The van der Waals surface area contributed by atoms with Gasteiger partial charge in [-0.05, 0) is 81.5 Å². The van der Waals surface area contributed by atoms with Gasteiger partial charge in [-0.15, -0.1) is 0 Å². The van der Waals surface area contributed by atoms with Gasteiger partial charge in [0.25, 0.3) is 11.8 Å². The fourth-order valence-corrected chi connectivity index (χ4v) is 10.1. The molecule has 542 valence electrons. The fraction of sp³-hybridized carbons (Fsp3) is 0.632. The molecule has 3 aromatic rings. The van der Waals surface area contributed by atoms with E-state index in [-0.39, 0.29) is 102 Å². The Kier molecular flexibility index (Phi) is 37.7. The summed E-state index contributed by atoms with van der Waals surface area (Å²) in [5.41, 5.74) is 5.44. The molecule has 0 bridgehead atoms. The second-order valence-electron chi connectivity index (χ2n) is 25.2. The number of primary amides is 1. The van der Waals surface area contributed by atoms with Crippen LogP contribution < -0.4 is 21.7 Å². The van der Waals surface area contributed by atoms with E-state index in [9.17, 15) is 47.9 Å². The maximum atomic E-state index is 15.4. The van der Waals surface area contributed by atoms with E-state index in [1.807, 2.05) is 51.1 Å². The van der Waals surface area contributed by atoms with Crippen LogP contribution in [-0.4, -0.2) is 240 Å². The van der Waals surface area contributed by atoms with Crippen LogP contribution in [0.1, 0.15) is 111 Å². The number of hydrogen-bond donors (Lipinski definition) is 5. The molecule has 0 aliphatic carbocycles. The lowest BCUT2D eigenvalue weighted by atomic mass is 9.84. The van der Waals surface area contributed by atoms with E-state index < -0.39 is 94.8 Å². The summed E-state index contributed by atoms with van der Waals surface area (Å²) in [6, 6.07) is 9.18. The summed E-state index contributed by atoms with van der Waals surface area (Å²) in [5.74, 6) is -5.29. The summed E-state index contributed by atoms with van der Waals surface area (Å²) in [7, 11) is 0. The van der Waals surface area contributed by atoms with Crippen molar-refractivity contribution in [3.8, 4) is 11.3 Å². The number of aromatic nitrogens is 2. The Bertz CT molecular complexity index is 2910. The van der Waals surface area contributed by atoms with Crippen LogP contribution in [0, 0.1) is 23.0 Å². The van der Waals surface area contributed by atoms with Crippen LogP contribution in [0.2, 0.25) is 0 Å². The van der Waals surface area contributed by atoms with Gasteiger partial charge in [0.15, 0.2) is 0 Å². The number of imidazole rings is 1. The number of nitrogens with zero attached hydrogens (tertiary/aromatic N) is 5. The number of unbranched alkanes of at least 4 members (excludes halogenated alkanes) is 1. The highest BCUT2D eigenvalue weighted by Crippen LogP contribution is 2.40. The Morgan fingerprint density at radius 3 is 1.70 bits per heavy atom. The highest BCUT2D eigenvalue weighted by atomic mass is 19.1. The second kappa shape index (κ2) is 44.5. The normalized spacial score (nSPS) is 13.4. The van der Waals surface area contributed by atoms with Gasteiger partial charge in [0.1, 0.15) is 41.8 Å². The Balaban J connectivity index is 1.20. The third-order valence-electron chi connectivity index (χ3n) is 14.8. The zero-order valence-corrected chi connectivity index (χ0v) is 57.6. The van der Waals surface area contributed by atoms with Crippen LogP contribution in [0.4, 0.5) is 13.6 Å². The molecular formula is C68H103F2N9O18. The number of amides is 8. The van der Waals surface area contributed by atoms with Gasteiger partial charge >= 0.3 is 6.09 Å². The molecule has 1 aliphatic heterocycles. The molecule has 97 heavy (non-hydrogen) atoms. The first-order valence-electron chi connectivity index (χ1n) is 33.1. The van der Waals surface area contributed by atoms with Gasteiger partial charge in [-0.3, -0.25) is 38.5 Å². The minimum absolute atomic E-state index is 0.00723. The maximum Gasteiger partial charge on any atom is 0.407 e. The highest BCUT2D eigenvalue weighted by molar-refractivity contribution is 6.13. The largest absolute Gasteiger partial charge is 0.444 e. The fourth-order valence-electron chi connectivity index (χ4n) is 10.1. The molecule has 2 heterocycles. The number of benzene rings is 2. The average Bonchev–Trinajstić information content (AvgIpc) is 1.67. The van der Waals surface area contributed by atoms with Gasteiger partial charge in [0.05, 0.1) is 117 Å². The molecule has 0 radical (unpaired) electrons. The number of halogens is 2. The summed E-state index contributed by atoms with van der Waals surface area (Å²) in [6.45, 7) is 18.9. The number of aliphatic hydroxyl groups is 1. The molecule has 2 aromatic carbocycles. The van der Waals surface area contributed by atoms with Crippen LogP contribution in [-0.2, 0) is 82.7 Å². The zero-order valence-electron chi connectivity index (χ0n) is 57.6. The topological polar surface area (TPSA) is 330 Å². The van der Waals surface area contributed by atoms with Crippen LogP contribution in [0.3, 0.4) is 0 Å². The Morgan fingerprint density at radius 2 is 1.19 bits per heavy atom. The second-order valence-corrected chi connectivity index (χ2v) is 25.2. The van der Waals surface area contributed by atoms with Gasteiger partial charge in [-0.2, -0.15) is 0 Å². The van der Waals surface area contributed by atoms with E-state index in [0.29, 0.717) is 104 Å². The standard InChI is InChI=1S/C68H103F2N9O18/c1-49(2)61(75-57(82)23-29-89-31-33-91-35-37-93-39-41-95-43-44-96-42-40-94-38-36-92-34-32-90-30-25-72-56(81)22-28-78-58(83)20-21-59(78)84)65(87)77(55(63(71)86)17-12-13-24-73-66(88)97-68(6,7)8)26-14-27-79(60(85)48-80)62(67(3,4)5)64-74-54(52-45-51(69)18-19-53(52)70)47-76(64)46-50-15-10-9-11-16-50/h9-11,15-16,18-21,45,47,49,55,61-62,80H,12-14,17,22-44,46,48H2,1-8H3,(H2,71,86)(H,72,81)(H,73,88)(H,75,82)/t55-,61-,62-/m0/s1. The third-order valence-corrected chi connectivity index (χ3v) is 14.8. The number of carbonyl (C=O) groups is 8. The molecule has 27 nitrogen and oxygen atoms in total. The predicted molar refractivity (Wildman–Crippen MR) is 353 cm³/mol. The third kappa shape index (κ3) is 31.8. The van der Waals surface area contributed by atoms with Gasteiger partial charge in [-0.25, -0.2) is 18.6 Å². The summed E-state index contributed by atoms with van der Waals surface area (Å²) in [6.07, 6.45) is 4.08. The zero-order chi connectivity index (χ0) is 71.2. The van der Waals surface area contributed by atoms with Crippen molar-refractivity contribution in [3.63, 3.8) is 0 Å². The number of carbonyl (C=O) groups excluding carboxylic acids is 8. The summed E-state index contributed by atoms with van der Waals surface area (Å²) < 4.78 is 81.5. The van der Waals surface area contributed by atoms with Gasteiger partial charge < -0.3 is 83.8 Å². The van der Waals surface area contributed by atoms with E-state index >= 15 is 4.39 Å². The lowest BCUT2D eigenvalue weighted by molar-refractivity contribution is -0.144. The molecule has 0 spiro atoms. The van der Waals surface area contributed by atoms with Crippen LogP contribution in [0.15, 0.2) is 66.9 Å². The molecule has 6 N–H and O–H groups in total. The summed E-state index contributed by atoms with van der Waals surface area (Å²) >= 11 is 0. The number of hydrogen-bond acceptors (Lipinski definition) is 19. The van der Waals surface area contributed by atoms with Crippen molar-refractivity contribution < 1.29 is 94.9 Å². The van der Waals surface area contributed by atoms with Crippen molar-refractivity contribution in [1.82, 2.24) is 40.2 Å².